The van der Waals surface area contributed by atoms with E-state index in [4.69, 9.17) is 10.00 Å². The number of nitriles is 1. The molecule has 1 amide bonds. The van der Waals surface area contributed by atoms with E-state index in [-0.39, 0.29) is 29.9 Å². The maximum atomic E-state index is 12.9. The summed E-state index contributed by atoms with van der Waals surface area (Å²) in [5.41, 5.74) is 1.10. The van der Waals surface area contributed by atoms with Crippen molar-refractivity contribution in [1.82, 2.24) is 9.88 Å². The highest BCUT2D eigenvalue weighted by Gasteiger charge is 2.46. The number of Topliss-reactive ketones (excluding diaryl/α,β-unsaturated/α-hetero) is 1. The van der Waals surface area contributed by atoms with Crippen LogP contribution in [0.15, 0.2) is 12.3 Å². The lowest BCUT2D eigenvalue weighted by Gasteiger charge is -2.39. The Balaban J connectivity index is 1.72. The van der Waals surface area contributed by atoms with Crippen LogP contribution in [0.2, 0.25) is 0 Å². The molecule has 6 nitrogen and oxygen atoms in total. The first-order valence-electron chi connectivity index (χ1n) is 9.12. The van der Waals surface area contributed by atoms with Gasteiger partial charge in [-0.05, 0) is 65.0 Å². The Morgan fingerprint density at radius 1 is 1.27 bits per heavy atom. The molecule has 2 atom stereocenters. The maximum Gasteiger partial charge on any atom is 0.410 e. The van der Waals surface area contributed by atoms with Gasteiger partial charge in [0.25, 0.3) is 0 Å². The number of nitrogens with zero attached hydrogens (tertiary/aromatic N) is 3. The zero-order chi connectivity index (χ0) is 19.1. The van der Waals surface area contributed by atoms with Gasteiger partial charge in [0.15, 0.2) is 5.78 Å². The average molecular weight is 355 g/mol. The van der Waals surface area contributed by atoms with Crippen LogP contribution in [0, 0.1) is 24.2 Å². The van der Waals surface area contributed by atoms with Gasteiger partial charge < -0.3 is 9.64 Å². The van der Waals surface area contributed by atoms with Crippen molar-refractivity contribution in [3.05, 3.63) is 29.1 Å². The van der Waals surface area contributed by atoms with Gasteiger partial charge in [0.05, 0.1) is 0 Å². The highest BCUT2D eigenvalue weighted by molar-refractivity contribution is 5.98. The number of carbonyl (C=O) groups excluding carboxylic acids is 2. The van der Waals surface area contributed by atoms with Gasteiger partial charge >= 0.3 is 6.09 Å². The molecule has 2 fully saturated rings. The van der Waals surface area contributed by atoms with E-state index in [0.717, 1.165) is 12.8 Å². The number of pyridine rings is 1. The van der Waals surface area contributed by atoms with Crippen molar-refractivity contribution in [2.75, 3.05) is 0 Å². The monoisotopic (exact) mass is 355 g/mol. The molecule has 1 aromatic heterocycles. The fourth-order valence-corrected chi connectivity index (χ4v) is 4.07. The highest BCUT2D eigenvalue weighted by atomic mass is 16.6. The van der Waals surface area contributed by atoms with Crippen LogP contribution in [-0.2, 0) is 4.74 Å². The molecule has 2 aliphatic rings. The largest absolute Gasteiger partial charge is 0.444 e. The number of aryl methyl sites for hydroxylation is 1. The smallest absolute Gasteiger partial charge is 0.410 e. The molecule has 26 heavy (non-hydrogen) atoms. The topological polar surface area (TPSA) is 83.3 Å². The highest BCUT2D eigenvalue weighted by Crippen LogP contribution is 2.40. The molecule has 3 heterocycles. The van der Waals surface area contributed by atoms with E-state index >= 15 is 0 Å². The standard InChI is InChI=1S/C20H25N3O3/c1-12-7-14(11-22-17(12)10-21)18(24)13-8-15-5-6-16(9-13)23(15)19(25)26-20(2,3)4/h7,11,13,15-16H,5-6,8-9H2,1-4H3. The second-order valence-electron chi connectivity index (χ2n) is 8.31. The van der Waals surface area contributed by atoms with Gasteiger partial charge in [0.1, 0.15) is 17.4 Å². The molecule has 0 saturated carbocycles. The summed E-state index contributed by atoms with van der Waals surface area (Å²) in [6, 6.07) is 3.89. The third-order valence-corrected chi connectivity index (χ3v) is 5.18. The van der Waals surface area contributed by atoms with Crippen molar-refractivity contribution in [2.24, 2.45) is 5.92 Å². The summed E-state index contributed by atoms with van der Waals surface area (Å²) in [4.78, 5) is 31.4. The van der Waals surface area contributed by atoms with Crippen LogP contribution in [-0.4, -0.2) is 39.4 Å². The fraction of sp³-hybridized carbons (Fsp3) is 0.600. The number of ketones is 1. The van der Waals surface area contributed by atoms with E-state index in [0.29, 0.717) is 29.7 Å². The zero-order valence-corrected chi connectivity index (χ0v) is 15.8. The number of piperidine rings is 1. The predicted octanol–water partition coefficient (Wildman–Crippen LogP) is 3.62. The van der Waals surface area contributed by atoms with Crippen molar-refractivity contribution in [3.63, 3.8) is 0 Å². The van der Waals surface area contributed by atoms with Crippen molar-refractivity contribution in [3.8, 4) is 6.07 Å². The molecular weight excluding hydrogens is 330 g/mol. The van der Waals surface area contributed by atoms with Crippen LogP contribution in [0.4, 0.5) is 4.79 Å². The van der Waals surface area contributed by atoms with Gasteiger partial charge in [0.2, 0.25) is 0 Å². The normalized spacial score (nSPS) is 24.9. The molecular formula is C20H25N3O3. The van der Waals surface area contributed by atoms with E-state index in [1.165, 1.54) is 6.20 Å². The number of hydrogen-bond acceptors (Lipinski definition) is 5. The molecule has 3 rings (SSSR count). The van der Waals surface area contributed by atoms with Gasteiger partial charge in [0, 0.05) is 29.8 Å². The summed E-state index contributed by atoms with van der Waals surface area (Å²) >= 11 is 0. The quantitative estimate of drug-likeness (QED) is 0.757. The van der Waals surface area contributed by atoms with Crippen molar-refractivity contribution >= 4 is 11.9 Å². The van der Waals surface area contributed by atoms with Crippen LogP contribution in [0.1, 0.15) is 68.1 Å². The van der Waals surface area contributed by atoms with Gasteiger partial charge in [-0.3, -0.25) is 4.79 Å². The summed E-state index contributed by atoms with van der Waals surface area (Å²) in [5, 5.41) is 8.99. The molecule has 0 aromatic carbocycles. The lowest BCUT2D eigenvalue weighted by Crippen LogP contribution is -2.49. The van der Waals surface area contributed by atoms with E-state index in [9.17, 15) is 9.59 Å². The lowest BCUT2D eigenvalue weighted by molar-refractivity contribution is 0.00254. The first-order chi connectivity index (χ1) is 12.2. The minimum absolute atomic E-state index is 0.0602. The number of amides is 1. The lowest BCUT2D eigenvalue weighted by atomic mass is 9.85. The van der Waals surface area contributed by atoms with Crippen LogP contribution < -0.4 is 0 Å². The van der Waals surface area contributed by atoms with E-state index < -0.39 is 5.60 Å². The Bertz CT molecular complexity index is 761. The molecule has 2 unspecified atom stereocenters. The number of hydrogen-bond donors (Lipinski definition) is 0. The number of rotatable bonds is 2. The summed E-state index contributed by atoms with van der Waals surface area (Å²) in [6.45, 7) is 7.38. The number of fused-ring (bicyclic) bond motifs is 2. The van der Waals surface area contributed by atoms with Crippen LogP contribution in [0.25, 0.3) is 0 Å². The van der Waals surface area contributed by atoms with Gasteiger partial charge in [-0.15, -0.1) is 0 Å². The first kappa shape index (κ1) is 18.4. The third-order valence-electron chi connectivity index (χ3n) is 5.18. The number of aromatic nitrogens is 1. The van der Waals surface area contributed by atoms with Gasteiger partial charge in [-0.1, -0.05) is 0 Å². The summed E-state index contributed by atoms with van der Waals surface area (Å²) in [7, 11) is 0. The van der Waals surface area contributed by atoms with Crippen molar-refractivity contribution in [1.29, 1.82) is 5.26 Å². The van der Waals surface area contributed by atoms with E-state index in [1.807, 2.05) is 31.7 Å². The molecule has 138 valence electrons. The summed E-state index contributed by atoms with van der Waals surface area (Å²) in [5.74, 6) is -0.0499. The molecule has 0 N–H and O–H groups in total. The van der Waals surface area contributed by atoms with Gasteiger partial charge in [-0.2, -0.15) is 5.26 Å². The first-order valence-corrected chi connectivity index (χ1v) is 9.12. The third kappa shape index (κ3) is 3.57. The SMILES string of the molecule is Cc1cc(C(=O)C2CC3CCC(C2)N3C(=O)OC(C)(C)C)cnc1C#N. The predicted molar refractivity (Wildman–Crippen MR) is 95.6 cm³/mol. The molecule has 2 bridgehead atoms. The Labute approximate surface area is 154 Å². The summed E-state index contributed by atoms with van der Waals surface area (Å²) in [6.07, 6.45) is 4.38. The molecule has 0 aliphatic carbocycles. The Morgan fingerprint density at radius 3 is 2.38 bits per heavy atom. The molecule has 1 aromatic rings. The van der Waals surface area contributed by atoms with Crippen LogP contribution in [0.5, 0.6) is 0 Å². The molecule has 6 heteroatoms. The fourth-order valence-electron chi connectivity index (χ4n) is 4.07. The Morgan fingerprint density at radius 2 is 1.88 bits per heavy atom. The Hall–Kier alpha value is -2.42. The minimum Gasteiger partial charge on any atom is -0.444 e. The minimum atomic E-state index is -0.519. The second-order valence-corrected chi connectivity index (χ2v) is 8.31. The Kier molecular flexibility index (Phi) is 4.74. The van der Waals surface area contributed by atoms with Crippen molar-refractivity contribution < 1.29 is 14.3 Å². The molecule has 2 saturated heterocycles. The van der Waals surface area contributed by atoms with E-state index in [1.54, 1.807) is 13.0 Å². The number of carbonyl (C=O) groups is 2. The second kappa shape index (κ2) is 6.71. The van der Waals surface area contributed by atoms with Crippen molar-refractivity contribution in [2.45, 2.75) is 71.1 Å². The van der Waals surface area contributed by atoms with Crippen LogP contribution >= 0.6 is 0 Å². The molecule has 2 aliphatic heterocycles. The average Bonchev–Trinajstić information content (AvgIpc) is 2.83. The van der Waals surface area contributed by atoms with Crippen LogP contribution in [0.3, 0.4) is 0 Å². The molecule has 0 spiro atoms. The maximum absolute atomic E-state index is 12.9. The number of ether oxygens (including phenoxy) is 1. The molecule has 0 radical (unpaired) electrons. The van der Waals surface area contributed by atoms with Gasteiger partial charge in [-0.25, -0.2) is 9.78 Å². The van der Waals surface area contributed by atoms with E-state index in [2.05, 4.69) is 4.98 Å². The zero-order valence-electron chi connectivity index (χ0n) is 15.8. The summed E-state index contributed by atoms with van der Waals surface area (Å²) < 4.78 is 5.54.